The maximum Gasteiger partial charge on any atom is 0.323 e. The maximum absolute atomic E-state index is 12.9. The molecular formula is C21H19N5O2. The van der Waals surface area contributed by atoms with E-state index in [2.05, 4.69) is 25.2 Å². The molecule has 1 aliphatic heterocycles. The molecule has 5 rings (SSSR count). The average molecular weight is 373 g/mol. The normalized spacial score (nSPS) is 14.1. The zero-order valence-electron chi connectivity index (χ0n) is 15.2. The number of amides is 1. The van der Waals surface area contributed by atoms with E-state index in [0.29, 0.717) is 16.9 Å². The topological polar surface area (TPSA) is 93.9 Å². The Balaban J connectivity index is 1.54. The first kappa shape index (κ1) is 16.6. The Morgan fingerprint density at radius 2 is 1.75 bits per heavy atom. The van der Waals surface area contributed by atoms with Gasteiger partial charge in [-0.25, -0.2) is 9.78 Å². The number of aromatic amines is 2. The summed E-state index contributed by atoms with van der Waals surface area (Å²) in [6.07, 6.45) is 2.22. The lowest BCUT2D eigenvalue weighted by atomic mass is 10.2. The number of aromatic nitrogens is 3. The first-order valence-electron chi connectivity index (χ1n) is 9.35. The molecule has 0 saturated carbocycles. The minimum absolute atomic E-state index is 0.262. The average Bonchev–Trinajstić information content (AvgIpc) is 3.35. The Bertz CT molecular complexity index is 1250. The summed E-state index contributed by atoms with van der Waals surface area (Å²) < 4.78 is 0. The van der Waals surface area contributed by atoms with E-state index in [-0.39, 0.29) is 11.6 Å². The number of hydrogen-bond acceptors (Lipinski definition) is 4. The predicted molar refractivity (Wildman–Crippen MR) is 110 cm³/mol. The van der Waals surface area contributed by atoms with Gasteiger partial charge in [-0.3, -0.25) is 4.79 Å². The van der Waals surface area contributed by atoms with E-state index < -0.39 is 0 Å². The van der Waals surface area contributed by atoms with Crippen LogP contribution in [0.1, 0.15) is 23.3 Å². The summed E-state index contributed by atoms with van der Waals surface area (Å²) in [4.78, 5) is 36.8. The zero-order valence-corrected chi connectivity index (χ0v) is 15.2. The summed E-state index contributed by atoms with van der Waals surface area (Å²) in [5, 5.41) is 3.98. The van der Waals surface area contributed by atoms with Crippen molar-refractivity contribution < 1.29 is 4.79 Å². The molecular weight excluding hydrogens is 354 g/mol. The molecule has 0 unspecified atom stereocenters. The number of carbonyl (C=O) groups is 1. The van der Waals surface area contributed by atoms with Crippen molar-refractivity contribution in [1.29, 1.82) is 0 Å². The number of nitrogens with one attached hydrogen (secondary N) is 3. The van der Waals surface area contributed by atoms with Gasteiger partial charge in [-0.05, 0) is 37.1 Å². The molecule has 140 valence electrons. The van der Waals surface area contributed by atoms with Crippen LogP contribution in [0.25, 0.3) is 21.9 Å². The third-order valence-corrected chi connectivity index (χ3v) is 5.16. The number of imidazole rings is 1. The Kier molecular flexibility index (Phi) is 3.86. The third-order valence-electron chi connectivity index (χ3n) is 5.16. The van der Waals surface area contributed by atoms with Crippen molar-refractivity contribution in [2.75, 3.05) is 23.3 Å². The largest absolute Gasteiger partial charge is 0.370 e. The lowest BCUT2D eigenvalue weighted by molar-refractivity contribution is 0.102. The minimum atomic E-state index is -0.275. The fourth-order valence-electron chi connectivity index (χ4n) is 3.77. The molecule has 1 fully saturated rings. The van der Waals surface area contributed by atoms with Gasteiger partial charge < -0.3 is 20.2 Å². The SMILES string of the molecule is O=C(Nc1cc2[nH]c(=O)[nH]c2cc1N1CCCC1)c1ccc2ccccc2n1. The van der Waals surface area contributed by atoms with Crippen LogP contribution in [0.2, 0.25) is 0 Å². The highest BCUT2D eigenvalue weighted by molar-refractivity contribution is 6.07. The van der Waals surface area contributed by atoms with E-state index >= 15 is 0 Å². The fraction of sp³-hybridized carbons (Fsp3) is 0.190. The van der Waals surface area contributed by atoms with E-state index in [1.807, 2.05) is 36.4 Å². The van der Waals surface area contributed by atoms with Crippen molar-refractivity contribution in [2.45, 2.75) is 12.8 Å². The molecule has 28 heavy (non-hydrogen) atoms. The van der Waals surface area contributed by atoms with Crippen molar-refractivity contribution in [1.82, 2.24) is 15.0 Å². The molecule has 7 nitrogen and oxygen atoms in total. The van der Waals surface area contributed by atoms with Gasteiger partial charge in [-0.1, -0.05) is 24.3 Å². The number of H-pyrrole nitrogens is 2. The molecule has 3 heterocycles. The van der Waals surface area contributed by atoms with E-state index in [0.717, 1.165) is 48.0 Å². The highest BCUT2D eigenvalue weighted by Crippen LogP contribution is 2.32. The molecule has 0 aliphatic carbocycles. The van der Waals surface area contributed by atoms with Crippen molar-refractivity contribution in [3.8, 4) is 0 Å². The standard InChI is InChI=1S/C21H19N5O2/c27-20(15-8-7-13-5-1-2-6-14(13)22-15)23-18-11-16-17(25-21(28)24-16)12-19(18)26-9-3-4-10-26/h1-2,5-8,11-12H,3-4,9-10H2,(H,23,27)(H2,24,25,28). The fourth-order valence-corrected chi connectivity index (χ4v) is 3.77. The predicted octanol–water partition coefficient (Wildman–Crippen LogP) is 3.26. The lowest BCUT2D eigenvalue weighted by Crippen LogP contribution is -2.21. The third kappa shape index (κ3) is 2.90. The maximum atomic E-state index is 12.9. The monoisotopic (exact) mass is 373 g/mol. The molecule has 7 heteroatoms. The van der Waals surface area contributed by atoms with Gasteiger partial charge in [-0.15, -0.1) is 0 Å². The van der Waals surface area contributed by atoms with Crippen LogP contribution in [-0.4, -0.2) is 33.9 Å². The second kappa shape index (κ2) is 6.53. The van der Waals surface area contributed by atoms with Crippen molar-refractivity contribution in [3.05, 3.63) is 64.7 Å². The highest BCUT2D eigenvalue weighted by atomic mass is 16.2. The van der Waals surface area contributed by atoms with Crippen LogP contribution in [0.3, 0.4) is 0 Å². The molecule has 1 aliphatic rings. The van der Waals surface area contributed by atoms with Crippen LogP contribution in [-0.2, 0) is 0 Å². The summed E-state index contributed by atoms with van der Waals surface area (Å²) in [6, 6.07) is 15.0. The molecule has 0 radical (unpaired) electrons. The molecule has 3 N–H and O–H groups in total. The molecule has 0 atom stereocenters. The van der Waals surface area contributed by atoms with Gasteiger partial charge in [0.2, 0.25) is 0 Å². The van der Waals surface area contributed by atoms with Crippen LogP contribution in [0.15, 0.2) is 53.3 Å². The number of fused-ring (bicyclic) bond motifs is 2. The van der Waals surface area contributed by atoms with Crippen LogP contribution in [0.4, 0.5) is 11.4 Å². The number of hydrogen-bond donors (Lipinski definition) is 3. The Hall–Kier alpha value is -3.61. The molecule has 0 bridgehead atoms. The summed E-state index contributed by atoms with van der Waals surface area (Å²) in [5.74, 6) is -0.275. The van der Waals surface area contributed by atoms with Crippen molar-refractivity contribution in [3.63, 3.8) is 0 Å². The van der Waals surface area contributed by atoms with E-state index in [1.165, 1.54) is 0 Å². The summed E-state index contributed by atoms with van der Waals surface area (Å²) in [6.45, 7) is 1.86. The Labute approximate surface area is 160 Å². The van der Waals surface area contributed by atoms with Gasteiger partial charge in [-0.2, -0.15) is 0 Å². The quantitative estimate of drug-likeness (QED) is 0.514. The first-order chi connectivity index (χ1) is 13.7. The van der Waals surface area contributed by atoms with Crippen molar-refractivity contribution in [2.24, 2.45) is 0 Å². The number of carbonyl (C=O) groups excluding carboxylic acids is 1. The van der Waals surface area contributed by atoms with Crippen molar-refractivity contribution >= 4 is 39.2 Å². The Morgan fingerprint density at radius 1 is 1.00 bits per heavy atom. The van der Waals surface area contributed by atoms with E-state index in [1.54, 1.807) is 12.1 Å². The highest BCUT2D eigenvalue weighted by Gasteiger charge is 2.19. The second-order valence-corrected chi connectivity index (χ2v) is 7.03. The lowest BCUT2D eigenvalue weighted by Gasteiger charge is -2.21. The first-order valence-corrected chi connectivity index (χ1v) is 9.35. The van der Waals surface area contributed by atoms with Gasteiger partial charge in [0.05, 0.1) is 27.9 Å². The van der Waals surface area contributed by atoms with Crippen LogP contribution < -0.4 is 15.9 Å². The second-order valence-electron chi connectivity index (χ2n) is 7.03. The number of anilines is 2. The number of rotatable bonds is 3. The smallest absolute Gasteiger partial charge is 0.323 e. The van der Waals surface area contributed by atoms with Gasteiger partial charge in [0.15, 0.2) is 0 Å². The molecule has 4 aromatic rings. The van der Waals surface area contributed by atoms with Crippen LogP contribution >= 0.6 is 0 Å². The number of benzene rings is 2. The molecule has 2 aromatic heterocycles. The molecule has 1 amide bonds. The zero-order chi connectivity index (χ0) is 19.1. The van der Waals surface area contributed by atoms with Gasteiger partial charge >= 0.3 is 5.69 Å². The Morgan fingerprint density at radius 3 is 2.57 bits per heavy atom. The van der Waals surface area contributed by atoms with Crippen LogP contribution in [0, 0.1) is 0 Å². The molecule has 2 aromatic carbocycles. The number of nitrogens with zero attached hydrogens (tertiary/aromatic N) is 2. The number of pyridine rings is 1. The van der Waals surface area contributed by atoms with Gasteiger partial charge in [0.1, 0.15) is 5.69 Å². The summed E-state index contributed by atoms with van der Waals surface area (Å²) in [5.41, 5.74) is 3.85. The van der Waals surface area contributed by atoms with E-state index in [4.69, 9.17) is 0 Å². The minimum Gasteiger partial charge on any atom is -0.370 e. The van der Waals surface area contributed by atoms with Gasteiger partial charge in [0.25, 0.3) is 5.91 Å². The van der Waals surface area contributed by atoms with Crippen LogP contribution in [0.5, 0.6) is 0 Å². The van der Waals surface area contributed by atoms with Gasteiger partial charge in [0, 0.05) is 18.5 Å². The summed E-state index contributed by atoms with van der Waals surface area (Å²) >= 11 is 0. The summed E-state index contributed by atoms with van der Waals surface area (Å²) in [7, 11) is 0. The molecule has 0 spiro atoms. The number of para-hydroxylation sites is 1. The molecule has 1 saturated heterocycles. The van der Waals surface area contributed by atoms with E-state index in [9.17, 15) is 9.59 Å².